The number of benzene rings is 2. The van der Waals surface area contributed by atoms with Gasteiger partial charge in [-0.2, -0.15) is 17.5 Å². The second-order valence-electron chi connectivity index (χ2n) is 9.06. The Morgan fingerprint density at radius 3 is 2.30 bits per heavy atom. The monoisotopic (exact) mass is 478 g/mol. The van der Waals surface area contributed by atoms with Crippen LogP contribution in [0.15, 0.2) is 47.4 Å². The lowest BCUT2D eigenvalue weighted by molar-refractivity contribution is -0.137. The van der Waals surface area contributed by atoms with E-state index in [1.54, 1.807) is 23.1 Å². The van der Waals surface area contributed by atoms with Crippen molar-refractivity contribution in [3.05, 3.63) is 59.2 Å². The molecule has 2 aliphatic heterocycles. The molecule has 2 unspecified atom stereocenters. The molecule has 176 valence electrons. The van der Waals surface area contributed by atoms with Crippen molar-refractivity contribution in [2.24, 2.45) is 5.92 Å². The number of amides is 1. The predicted molar refractivity (Wildman–Crippen MR) is 117 cm³/mol. The number of nitrogens with zero attached hydrogens (tertiary/aromatic N) is 2. The highest BCUT2D eigenvalue weighted by Crippen LogP contribution is 2.50. The summed E-state index contributed by atoms with van der Waals surface area (Å²) in [5.74, 6) is -0.392. The van der Waals surface area contributed by atoms with Crippen LogP contribution in [0.3, 0.4) is 0 Å². The van der Waals surface area contributed by atoms with E-state index in [0.29, 0.717) is 32.5 Å². The number of carbonyl (C=O) groups is 1. The molecule has 1 saturated carbocycles. The van der Waals surface area contributed by atoms with Crippen molar-refractivity contribution in [1.82, 2.24) is 4.31 Å². The molecule has 9 heteroatoms. The van der Waals surface area contributed by atoms with E-state index in [-0.39, 0.29) is 22.6 Å². The fraction of sp³-hybridized carbons (Fsp3) is 0.458. The van der Waals surface area contributed by atoms with Gasteiger partial charge in [-0.25, -0.2) is 8.42 Å². The van der Waals surface area contributed by atoms with Crippen molar-refractivity contribution in [3.63, 3.8) is 0 Å². The SMILES string of the molecule is O=C(C1CC1c1ccc(C(F)(F)F)cc1)N1CCCc2cc(S(=O)(=O)N3CCCC3)ccc21. The number of aryl methyl sites for hydroxylation is 1. The highest BCUT2D eigenvalue weighted by Gasteiger charge is 2.47. The molecular formula is C24H25F3N2O3S. The van der Waals surface area contributed by atoms with Gasteiger partial charge in [0, 0.05) is 31.2 Å². The Kier molecular flexibility index (Phi) is 5.52. The van der Waals surface area contributed by atoms with E-state index in [1.807, 2.05) is 0 Å². The standard InChI is InChI=1S/C24H25F3N2O3S/c25-24(26,27)18-7-5-16(6-8-18)20-15-21(20)23(30)29-13-3-4-17-14-19(9-10-22(17)29)33(31,32)28-11-1-2-12-28/h5-10,14,20-21H,1-4,11-13,15H2. The number of anilines is 1. The molecular weight excluding hydrogens is 453 g/mol. The van der Waals surface area contributed by atoms with Crippen molar-refractivity contribution < 1.29 is 26.4 Å². The molecule has 0 aromatic heterocycles. The molecule has 2 aromatic rings. The zero-order valence-corrected chi connectivity index (χ0v) is 18.8. The van der Waals surface area contributed by atoms with Crippen molar-refractivity contribution in [2.45, 2.75) is 49.1 Å². The number of fused-ring (bicyclic) bond motifs is 1. The molecule has 2 fully saturated rings. The smallest absolute Gasteiger partial charge is 0.312 e. The Balaban J connectivity index is 1.33. The highest BCUT2D eigenvalue weighted by molar-refractivity contribution is 7.89. The van der Waals surface area contributed by atoms with Crippen LogP contribution in [-0.4, -0.2) is 38.3 Å². The topological polar surface area (TPSA) is 57.7 Å². The summed E-state index contributed by atoms with van der Waals surface area (Å²) in [5, 5.41) is 0. The van der Waals surface area contributed by atoms with Gasteiger partial charge < -0.3 is 4.90 Å². The summed E-state index contributed by atoms with van der Waals surface area (Å²) in [5.41, 5.74) is 1.64. The van der Waals surface area contributed by atoms with Gasteiger partial charge in [0.05, 0.1) is 10.5 Å². The van der Waals surface area contributed by atoms with Gasteiger partial charge >= 0.3 is 6.18 Å². The normalized spacial score (nSPS) is 23.4. The number of rotatable bonds is 4. The number of carbonyl (C=O) groups excluding carboxylic acids is 1. The molecule has 2 aromatic carbocycles. The lowest BCUT2D eigenvalue weighted by Crippen LogP contribution is -2.37. The fourth-order valence-corrected chi connectivity index (χ4v) is 6.56. The van der Waals surface area contributed by atoms with Gasteiger partial charge in [0.25, 0.3) is 0 Å². The molecule has 1 saturated heterocycles. The van der Waals surface area contributed by atoms with Gasteiger partial charge in [0.2, 0.25) is 15.9 Å². The summed E-state index contributed by atoms with van der Waals surface area (Å²) < 4.78 is 65.8. The van der Waals surface area contributed by atoms with E-state index >= 15 is 0 Å². The first-order valence-electron chi connectivity index (χ1n) is 11.3. The van der Waals surface area contributed by atoms with Crippen LogP contribution in [0.5, 0.6) is 0 Å². The maximum atomic E-state index is 13.2. The van der Waals surface area contributed by atoms with Crippen molar-refractivity contribution in [1.29, 1.82) is 0 Å². The summed E-state index contributed by atoms with van der Waals surface area (Å²) in [6, 6.07) is 10.0. The van der Waals surface area contributed by atoms with E-state index in [0.717, 1.165) is 48.2 Å². The first kappa shape index (κ1) is 22.4. The van der Waals surface area contributed by atoms with Crippen LogP contribution in [0, 0.1) is 5.92 Å². The summed E-state index contributed by atoms with van der Waals surface area (Å²) in [7, 11) is -3.52. The van der Waals surface area contributed by atoms with Crippen LogP contribution in [0.2, 0.25) is 0 Å². The molecule has 1 amide bonds. The second kappa shape index (κ2) is 8.13. The molecule has 0 spiro atoms. The molecule has 2 atom stereocenters. The van der Waals surface area contributed by atoms with E-state index in [4.69, 9.17) is 0 Å². The molecule has 2 heterocycles. The zero-order valence-electron chi connectivity index (χ0n) is 18.0. The second-order valence-corrected chi connectivity index (χ2v) is 11.0. The van der Waals surface area contributed by atoms with E-state index in [9.17, 15) is 26.4 Å². The minimum absolute atomic E-state index is 0.0454. The maximum Gasteiger partial charge on any atom is 0.416 e. The molecule has 5 nitrogen and oxygen atoms in total. The Hall–Kier alpha value is -2.39. The Morgan fingerprint density at radius 2 is 1.64 bits per heavy atom. The molecule has 5 rings (SSSR count). The van der Waals surface area contributed by atoms with Gasteiger partial charge in [-0.05, 0) is 79.5 Å². The third-order valence-electron chi connectivity index (χ3n) is 6.91. The van der Waals surface area contributed by atoms with Gasteiger partial charge in [-0.15, -0.1) is 0 Å². The van der Waals surface area contributed by atoms with E-state index < -0.39 is 21.8 Å². The average molecular weight is 479 g/mol. The summed E-state index contributed by atoms with van der Waals surface area (Å²) in [6.45, 7) is 1.63. The summed E-state index contributed by atoms with van der Waals surface area (Å²) >= 11 is 0. The molecule has 0 radical (unpaired) electrons. The zero-order chi connectivity index (χ0) is 23.4. The highest BCUT2D eigenvalue weighted by atomic mass is 32.2. The minimum Gasteiger partial charge on any atom is -0.312 e. The first-order valence-corrected chi connectivity index (χ1v) is 12.7. The lowest BCUT2D eigenvalue weighted by atomic mass is 10.0. The largest absolute Gasteiger partial charge is 0.416 e. The average Bonchev–Trinajstić information content (AvgIpc) is 3.39. The molecule has 3 aliphatic rings. The van der Waals surface area contributed by atoms with Crippen molar-refractivity contribution in [3.8, 4) is 0 Å². The number of hydrogen-bond donors (Lipinski definition) is 0. The Bertz CT molecular complexity index is 1170. The molecule has 0 bridgehead atoms. The van der Waals surface area contributed by atoms with Gasteiger partial charge in [0.1, 0.15) is 0 Å². The maximum absolute atomic E-state index is 13.2. The molecule has 33 heavy (non-hydrogen) atoms. The third kappa shape index (κ3) is 4.17. The van der Waals surface area contributed by atoms with E-state index in [1.165, 1.54) is 16.4 Å². The minimum atomic E-state index is -4.38. The van der Waals surface area contributed by atoms with Crippen LogP contribution in [-0.2, 0) is 27.4 Å². The van der Waals surface area contributed by atoms with Crippen LogP contribution in [0.4, 0.5) is 18.9 Å². The number of halogens is 3. The third-order valence-corrected chi connectivity index (χ3v) is 8.81. The fourth-order valence-electron chi connectivity index (χ4n) is 5.00. The van der Waals surface area contributed by atoms with Crippen molar-refractivity contribution >= 4 is 21.6 Å². The van der Waals surface area contributed by atoms with Crippen LogP contribution >= 0.6 is 0 Å². The number of alkyl halides is 3. The number of sulfonamides is 1. The van der Waals surface area contributed by atoms with Gasteiger partial charge in [-0.3, -0.25) is 4.79 Å². The van der Waals surface area contributed by atoms with E-state index in [2.05, 4.69) is 0 Å². The van der Waals surface area contributed by atoms with Crippen LogP contribution in [0.1, 0.15) is 48.3 Å². The van der Waals surface area contributed by atoms with Crippen LogP contribution in [0.25, 0.3) is 0 Å². The quantitative estimate of drug-likeness (QED) is 0.647. The molecule has 1 aliphatic carbocycles. The Morgan fingerprint density at radius 1 is 0.939 bits per heavy atom. The number of hydrogen-bond acceptors (Lipinski definition) is 3. The lowest BCUT2D eigenvalue weighted by Gasteiger charge is -2.30. The van der Waals surface area contributed by atoms with Gasteiger partial charge in [-0.1, -0.05) is 12.1 Å². The first-order chi connectivity index (χ1) is 15.7. The van der Waals surface area contributed by atoms with Crippen LogP contribution < -0.4 is 4.90 Å². The molecule has 0 N–H and O–H groups in total. The van der Waals surface area contributed by atoms with Crippen molar-refractivity contribution in [2.75, 3.05) is 24.5 Å². The summed E-state index contributed by atoms with van der Waals surface area (Å²) in [6.07, 6.45) is -0.589. The summed E-state index contributed by atoms with van der Waals surface area (Å²) in [4.78, 5) is 15.2. The Labute approximate surface area is 191 Å². The predicted octanol–water partition coefficient (Wildman–Crippen LogP) is 4.57. The van der Waals surface area contributed by atoms with Gasteiger partial charge in [0.15, 0.2) is 0 Å².